The van der Waals surface area contributed by atoms with E-state index in [1.54, 1.807) is 12.1 Å². The van der Waals surface area contributed by atoms with E-state index in [4.69, 9.17) is 4.42 Å². The Kier molecular flexibility index (Phi) is 4.20. The molecule has 6 nitrogen and oxygen atoms in total. The first kappa shape index (κ1) is 15.4. The summed E-state index contributed by atoms with van der Waals surface area (Å²) in [7, 11) is 1.25. The molecule has 0 radical (unpaired) electrons. The second-order valence-corrected chi connectivity index (χ2v) is 5.84. The summed E-state index contributed by atoms with van der Waals surface area (Å²) in [5.41, 5.74) is 0.614. The van der Waals surface area contributed by atoms with E-state index < -0.39 is 5.97 Å². The van der Waals surface area contributed by atoms with Gasteiger partial charge < -0.3 is 9.15 Å². The van der Waals surface area contributed by atoms with E-state index in [1.165, 1.54) is 29.8 Å². The lowest BCUT2D eigenvalue weighted by Gasteiger charge is -2.14. The highest BCUT2D eigenvalue weighted by Gasteiger charge is 2.30. The Balaban J connectivity index is 1.81. The van der Waals surface area contributed by atoms with Crippen molar-refractivity contribution >= 4 is 40.4 Å². The molecule has 0 N–H and O–H groups in total. The summed E-state index contributed by atoms with van der Waals surface area (Å²) in [4.78, 5) is 36.9. The number of rotatable bonds is 4. The lowest BCUT2D eigenvalue weighted by molar-refractivity contribution is -0.134. The third-order valence-corrected chi connectivity index (χ3v) is 4.38. The normalized spacial score (nSPS) is 16.3. The minimum atomic E-state index is -0.566. The van der Waals surface area contributed by atoms with Crippen molar-refractivity contribution in [3.05, 3.63) is 47.2 Å². The first-order chi connectivity index (χ1) is 11.1. The SMILES string of the molecule is COC(=O)C=C1SCC(=O)N1CC(=O)c1cc2ccccc2o1. The van der Waals surface area contributed by atoms with Crippen LogP contribution in [0.2, 0.25) is 0 Å². The molecule has 118 valence electrons. The lowest BCUT2D eigenvalue weighted by Crippen LogP contribution is -2.30. The number of ether oxygens (including phenoxy) is 1. The van der Waals surface area contributed by atoms with Crippen LogP contribution < -0.4 is 0 Å². The minimum Gasteiger partial charge on any atom is -0.466 e. The Morgan fingerprint density at radius 1 is 1.39 bits per heavy atom. The van der Waals surface area contributed by atoms with Crippen LogP contribution in [0.1, 0.15) is 10.6 Å². The largest absolute Gasteiger partial charge is 0.466 e. The van der Waals surface area contributed by atoms with Crippen molar-refractivity contribution in [1.82, 2.24) is 4.90 Å². The van der Waals surface area contributed by atoms with E-state index in [9.17, 15) is 14.4 Å². The topological polar surface area (TPSA) is 76.8 Å². The number of Topliss-reactive ketones (excluding diaryl/α,β-unsaturated/α-hetero) is 1. The number of hydrogen-bond acceptors (Lipinski definition) is 6. The van der Waals surface area contributed by atoms with Crippen LogP contribution in [-0.2, 0) is 14.3 Å². The smallest absolute Gasteiger partial charge is 0.333 e. The second kappa shape index (κ2) is 6.29. The Morgan fingerprint density at radius 3 is 2.91 bits per heavy atom. The number of hydrogen-bond donors (Lipinski definition) is 0. The summed E-state index contributed by atoms with van der Waals surface area (Å²) in [6.07, 6.45) is 1.21. The van der Waals surface area contributed by atoms with Crippen molar-refractivity contribution in [2.45, 2.75) is 0 Å². The Hall–Kier alpha value is -2.54. The molecule has 23 heavy (non-hydrogen) atoms. The van der Waals surface area contributed by atoms with E-state index >= 15 is 0 Å². The number of fused-ring (bicyclic) bond motifs is 1. The number of amides is 1. The molecule has 7 heteroatoms. The molecule has 0 spiro atoms. The summed E-state index contributed by atoms with van der Waals surface area (Å²) in [5.74, 6) is -0.741. The Bertz CT molecular complexity index is 790. The first-order valence-electron chi connectivity index (χ1n) is 6.83. The zero-order chi connectivity index (χ0) is 16.4. The number of nitrogens with zero attached hydrogens (tertiary/aromatic N) is 1. The molecule has 2 heterocycles. The highest BCUT2D eigenvalue weighted by molar-refractivity contribution is 8.04. The van der Waals surface area contributed by atoms with Crippen molar-refractivity contribution in [2.75, 3.05) is 19.4 Å². The van der Waals surface area contributed by atoms with Gasteiger partial charge in [0.25, 0.3) is 0 Å². The van der Waals surface area contributed by atoms with Crippen molar-refractivity contribution in [2.24, 2.45) is 0 Å². The number of carbonyl (C=O) groups excluding carboxylic acids is 3. The third-order valence-electron chi connectivity index (χ3n) is 3.36. The summed E-state index contributed by atoms with van der Waals surface area (Å²) < 4.78 is 10.1. The lowest BCUT2D eigenvalue weighted by atomic mass is 10.2. The number of thioether (sulfide) groups is 1. The molecule has 3 rings (SSSR count). The standard InChI is InChI=1S/C16H13NO5S/c1-21-16(20)7-15-17(14(19)9-23-15)8-11(18)13-6-10-4-2-3-5-12(10)22-13/h2-7H,8-9H2,1H3. The van der Waals surface area contributed by atoms with Gasteiger partial charge in [0.05, 0.1) is 30.5 Å². The molecule has 0 atom stereocenters. The number of carbonyl (C=O) groups is 3. The van der Waals surface area contributed by atoms with Crippen LogP contribution >= 0.6 is 11.8 Å². The van der Waals surface area contributed by atoms with Gasteiger partial charge in [-0.25, -0.2) is 4.79 Å². The number of methoxy groups -OCH3 is 1. The average Bonchev–Trinajstić information content (AvgIpc) is 3.13. The molecule has 1 amide bonds. The van der Waals surface area contributed by atoms with E-state index in [1.807, 2.05) is 18.2 Å². The number of esters is 1. The van der Waals surface area contributed by atoms with Gasteiger partial charge in [-0.05, 0) is 12.1 Å². The molecule has 1 aliphatic heterocycles. The monoisotopic (exact) mass is 331 g/mol. The van der Waals surface area contributed by atoms with Crippen molar-refractivity contribution in [3.63, 3.8) is 0 Å². The van der Waals surface area contributed by atoms with Gasteiger partial charge in [-0.1, -0.05) is 30.0 Å². The maximum absolute atomic E-state index is 12.4. The summed E-state index contributed by atoms with van der Waals surface area (Å²) in [5, 5.41) is 1.23. The van der Waals surface area contributed by atoms with Crippen LogP contribution in [0.3, 0.4) is 0 Å². The van der Waals surface area contributed by atoms with Gasteiger partial charge in [0, 0.05) is 5.39 Å². The Morgan fingerprint density at radius 2 is 2.17 bits per heavy atom. The van der Waals surface area contributed by atoms with Crippen LogP contribution in [0, 0.1) is 0 Å². The Labute approximate surface area is 136 Å². The summed E-state index contributed by atoms with van der Waals surface area (Å²) in [6, 6.07) is 8.93. The third kappa shape index (κ3) is 3.14. The fraction of sp³-hybridized carbons (Fsp3) is 0.188. The second-order valence-electron chi connectivity index (χ2n) is 4.85. The number of ketones is 1. The van der Waals surface area contributed by atoms with Gasteiger partial charge in [0.15, 0.2) is 5.76 Å². The summed E-state index contributed by atoms with van der Waals surface area (Å²) in [6.45, 7) is -0.172. The first-order valence-corrected chi connectivity index (χ1v) is 7.81. The fourth-order valence-electron chi connectivity index (χ4n) is 2.20. The minimum absolute atomic E-state index is 0.172. The van der Waals surface area contributed by atoms with Gasteiger partial charge in [0.1, 0.15) is 5.58 Å². The van der Waals surface area contributed by atoms with Gasteiger partial charge in [0.2, 0.25) is 11.7 Å². The van der Waals surface area contributed by atoms with Crippen LogP contribution in [0.25, 0.3) is 11.0 Å². The molecule has 0 bridgehead atoms. The highest BCUT2D eigenvalue weighted by atomic mass is 32.2. The quantitative estimate of drug-likeness (QED) is 0.486. The predicted molar refractivity (Wildman–Crippen MR) is 84.8 cm³/mol. The van der Waals surface area contributed by atoms with Crippen molar-refractivity contribution < 1.29 is 23.5 Å². The van der Waals surface area contributed by atoms with Crippen molar-refractivity contribution in [3.8, 4) is 0 Å². The van der Waals surface area contributed by atoms with Gasteiger partial charge >= 0.3 is 5.97 Å². The number of benzene rings is 1. The molecule has 1 aromatic heterocycles. The van der Waals surface area contributed by atoms with E-state index in [-0.39, 0.29) is 29.7 Å². The molecule has 1 saturated heterocycles. The molecule has 0 saturated carbocycles. The van der Waals surface area contributed by atoms with Crippen LogP contribution in [-0.4, -0.2) is 42.0 Å². The molecule has 2 aromatic rings. The molecule has 1 aliphatic rings. The van der Waals surface area contributed by atoms with Crippen LogP contribution in [0.5, 0.6) is 0 Å². The average molecular weight is 331 g/mol. The highest BCUT2D eigenvalue weighted by Crippen LogP contribution is 2.29. The van der Waals surface area contributed by atoms with Crippen molar-refractivity contribution in [1.29, 1.82) is 0 Å². The summed E-state index contributed by atoms with van der Waals surface area (Å²) >= 11 is 1.20. The molecule has 1 fully saturated rings. The van der Waals surface area contributed by atoms with E-state index in [0.717, 1.165) is 5.39 Å². The maximum Gasteiger partial charge on any atom is 0.333 e. The van der Waals surface area contributed by atoms with E-state index in [2.05, 4.69) is 4.74 Å². The number of furan rings is 1. The molecule has 0 unspecified atom stereocenters. The van der Waals surface area contributed by atoms with Gasteiger partial charge in [-0.2, -0.15) is 0 Å². The van der Waals surface area contributed by atoms with Gasteiger partial charge in [-0.3, -0.25) is 14.5 Å². The molecule has 1 aromatic carbocycles. The zero-order valence-electron chi connectivity index (χ0n) is 12.3. The zero-order valence-corrected chi connectivity index (χ0v) is 13.1. The maximum atomic E-state index is 12.4. The molecule has 0 aliphatic carbocycles. The van der Waals surface area contributed by atoms with Crippen LogP contribution in [0.15, 0.2) is 45.9 Å². The predicted octanol–water partition coefficient (Wildman–Crippen LogP) is 2.21. The molecular weight excluding hydrogens is 318 g/mol. The fourth-order valence-corrected chi connectivity index (χ4v) is 3.13. The number of para-hydroxylation sites is 1. The van der Waals surface area contributed by atoms with Crippen LogP contribution in [0.4, 0.5) is 0 Å². The van der Waals surface area contributed by atoms with Gasteiger partial charge in [-0.15, -0.1) is 0 Å². The van der Waals surface area contributed by atoms with E-state index in [0.29, 0.717) is 10.6 Å². The molecular formula is C16H13NO5S.